The van der Waals surface area contributed by atoms with Gasteiger partial charge in [0.2, 0.25) is 15.9 Å². The van der Waals surface area contributed by atoms with Gasteiger partial charge < -0.3 is 5.32 Å². The van der Waals surface area contributed by atoms with E-state index in [1.165, 1.54) is 10.5 Å². The van der Waals surface area contributed by atoms with E-state index in [0.29, 0.717) is 25.9 Å². The first kappa shape index (κ1) is 21.2. The summed E-state index contributed by atoms with van der Waals surface area (Å²) < 4.78 is 27.0. The van der Waals surface area contributed by atoms with E-state index in [-0.39, 0.29) is 22.8 Å². The first-order chi connectivity index (χ1) is 15.1. The molecule has 4 rings (SSSR count). The number of nitrogens with one attached hydrogen (secondary N) is 1. The van der Waals surface area contributed by atoms with Crippen molar-refractivity contribution in [2.45, 2.75) is 23.8 Å². The van der Waals surface area contributed by atoms with Crippen LogP contribution in [0.4, 0.5) is 0 Å². The van der Waals surface area contributed by atoms with Crippen molar-refractivity contribution in [2.75, 3.05) is 13.1 Å². The van der Waals surface area contributed by atoms with Crippen molar-refractivity contribution in [1.82, 2.24) is 14.6 Å². The monoisotopic (exact) mass is 435 g/mol. The van der Waals surface area contributed by atoms with E-state index in [1.54, 1.807) is 18.3 Å². The Morgan fingerprint density at radius 1 is 0.903 bits per heavy atom. The van der Waals surface area contributed by atoms with Crippen LogP contribution in [-0.4, -0.2) is 36.7 Å². The summed E-state index contributed by atoms with van der Waals surface area (Å²) in [5.41, 5.74) is 2.03. The summed E-state index contributed by atoms with van der Waals surface area (Å²) in [6.45, 7) is 0.632. The number of aromatic nitrogens is 1. The number of hydrogen-bond acceptors (Lipinski definition) is 4. The Morgan fingerprint density at radius 2 is 1.48 bits per heavy atom. The van der Waals surface area contributed by atoms with Gasteiger partial charge in [-0.3, -0.25) is 9.78 Å². The molecule has 1 saturated heterocycles. The quantitative estimate of drug-likeness (QED) is 0.644. The molecule has 7 heteroatoms. The molecule has 1 amide bonds. The fourth-order valence-electron chi connectivity index (χ4n) is 3.92. The van der Waals surface area contributed by atoms with Crippen molar-refractivity contribution >= 4 is 15.9 Å². The van der Waals surface area contributed by atoms with Crippen molar-refractivity contribution in [3.05, 3.63) is 96.3 Å². The fourth-order valence-corrected chi connectivity index (χ4v) is 5.35. The summed E-state index contributed by atoms with van der Waals surface area (Å²) in [6, 6.07) is 22.6. The molecule has 0 aliphatic carbocycles. The Morgan fingerprint density at radius 3 is 2.00 bits per heavy atom. The number of nitrogens with zero attached hydrogens (tertiary/aromatic N) is 2. The highest BCUT2D eigenvalue weighted by molar-refractivity contribution is 7.89. The highest BCUT2D eigenvalue weighted by Gasteiger charge is 2.33. The second-order valence-electron chi connectivity index (χ2n) is 7.63. The molecule has 6 nitrogen and oxygen atoms in total. The lowest BCUT2D eigenvalue weighted by Crippen LogP contribution is -2.43. The molecule has 1 N–H and O–H groups in total. The van der Waals surface area contributed by atoms with E-state index in [4.69, 9.17) is 0 Å². The molecule has 1 aliphatic rings. The minimum absolute atomic E-state index is 0.0452. The third-order valence-corrected chi connectivity index (χ3v) is 7.53. The number of carbonyl (C=O) groups excluding carboxylic acids is 1. The van der Waals surface area contributed by atoms with Gasteiger partial charge >= 0.3 is 0 Å². The van der Waals surface area contributed by atoms with Crippen LogP contribution in [-0.2, 0) is 14.8 Å². The number of benzene rings is 2. The fraction of sp³-hybridized carbons (Fsp3) is 0.250. The van der Waals surface area contributed by atoms with Crippen molar-refractivity contribution in [3.63, 3.8) is 0 Å². The SMILES string of the molecule is O=C(NC(c1ccccc1)c1ccccc1)C1CCN(S(=O)(=O)c2cccnc2)CC1. The number of pyridine rings is 1. The molecule has 160 valence electrons. The van der Waals surface area contributed by atoms with Crippen molar-refractivity contribution in [3.8, 4) is 0 Å². The highest BCUT2D eigenvalue weighted by Crippen LogP contribution is 2.26. The lowest BCUT2D eigenvalue weighted by molar-refractivity contribution is -0.126. The van der Waals surface area contributed by atoms with Gasteiger partial charge in [0.15, 0.2) is 0 Å². The summed E-state index contributed by atoms with van der Waals surface area (Å²) in [4.78, 5) is 17.2. The molecule has 0 atom stereocenters. The Hall–Kier alpha value is -3.03. The molecule has 0 spiro atoms. The Bertz CT molecular complexity index is 1060. The van der Waals surface area contributed by atoms with Crippen LogP contribution in [0.15, 0.2) is 90.1 Å². The molecule has 1 fully saturated rings. The molecule has 3 aromatic rings. The first-order valence-electron chi connectivity index (χ1n) is 10.4. The average molecular weight is 436 g/mol. The van der Waals surface area contributed by atoms with Crippen LogP contribution < -0.4 is 5.32 Å². The minimum Gasteiger partial charge on any atom is -0.345 e. The Kier molecular flexibility index (Phi) is 6.44. The van der Waals surface area contributed by atoms with Gasteiger partial charge in [-0.25, -0.2) is 8.42 Å². The number of sulfonamides is 1. The number of carbonyl (C=O) groups is 1. The molecule has 2 heterocycles. The van der Waals surface area contributed by atoms with Gasteiger partial charge in [0, 0.05) is 31.4 Å². The van der Waals surface area contributed by atoms with Gasteiger partial charge in [0.25, 0.3) is 0 Å². The van der Waals surface area contributed by atoms with Crippen LogP contribution in [0.25, 0.3) is 0 Å². The van der Waals surface area contributed by atoms with E-state index in [0.717, 1.165) is 11.1 Å². The van der Waals surface area contributed by atoms with E-state index in [9.17, 15) is 13.2 Å². The number of hydrogen-bond donors (Lipinski definition) is 1. The Labute approximate surface area is 183 Å². The zero-order valence-electron chi connectivity index (χ0n) is 17.1. The van der Waals surface area contributed by atoms with Gasteiger partial charge in [-0.2, -0.15) is 4.31 Å². The minimum atomic E-state index is -3.58. The highest BCUT2D eigenvalue weighted by atomic mass is 32.2. The molecule has 31 heavy (non-hydrogen) atoms. The smallest absolute Gasteiger partial charge is 0.244 e. The van der Waals surface area contributed by atoms with Crippen LogP contribution in [0.5, 0.6) is 0 Å². The zero-order valence-corrected chi connectivity index (χ0v) is 17.9. The molecule has 0 bridgehead atoms. The van der Waals surface area contributed by atoms with Gasteiger partial charge in [-0.05, 0) is 36.1 Å². The molecular formula is C24H25N3O3S. The third kappa shape index (κ3) is 4.84. The number of piperidine rings is 1. The molecule has 2 aromatic carbocycles. The summed E-state index contributed by atoms with van der Waals surface area (Å²) in [6.07, 6.45) is 3.88. The van der Waals surface area contributed by atoms with Crippen LogP contribution in [0.3, 0.4) is 0 Å². The van der Waals surface area contributed by atoms with Crippen LogP contribution >= 0.6 is 0 Å². The molecule has 0 saturated carbocycles. The largest absolute Gasteiger partial charge is 0.345 e. The second-order valence-corrected chi connectivity index (χ2v) is 9.57. The third-order valence-electron chi connectivity index (χ3n) is 5.65. The lowest BCUT2D eigenvalue weighted by atomic mass is 9.94. The predicted octanol–water partition coefficient (Wildman–Crippen LogP) is 3.39. The van der Waals surface area contributed by atoms with Crippen molar-refractivity contribution in [2.24, 2.45) is 5.92 Å². The van der Waals surface area contributed by atoms with Crippen LogP contribution in [0.2, 0.25) is 0 Å². The van der Waals surface area contributed by atoms with Gasteiger partial charge in [0.05, 0.1) is 6.04 Å². The molecule has 1 aromatic heterocycles. The Balaban J connectivity index is 1.44. The zero-order chi connectivity index (χ0) is 21.7. The van der Waals surface area contributed by atoms with E-state index >= 15 is 0 Å². The summed E-state index contributed by atoms with van der Waals surface area (Å²) in [5, 5.41) is 3.19. The van der Waals surface area contributed by atoms with Gasteiger partial charge in [-0.1, -0.05) is 60.7 Å². The van der Waals surface area contributed by atoms with E-state index < -0.39 is 10.0 Å². The topological polar surface area (TPSA) is 79.4 Å². The van der Waals surface area contributed by atoms with E-state index in [2.05, 4.69) is 10.3 Å². The lowest BCUT2D eigenvalue weighted by Gasteiger charge is -2.31. The maximum Gasteiger partial charge on any atom is 0.244 e. The first-order valence-corrected chi connectivity index (χ1v) is 11.8. The molecule has 1 aliphatic heterocycles. The number of rotatable bonds is 6. The maximum atomic E-state index is 13.1. The molecule has 0 radical (unpaired) electrons. The van der Waals surface area contributed by atoms with E-state index in [1.807, 2.05) is 60.7 Å². The summed E-state index contributed by atoms with van der Waals surface area (Å²) in [5.74, 6) is -0.272. The molecular weight excluding hydrogens is 410 g/mol. The molecule has 0 unspecified atom stereocenters. The maximum absolute atomic E-state index is 13.1. The second kappa shape index (κ2) is 9.41. The standard InChI is InChI=1S/C24H25N3O3S/c28-24(26-23(19-8-3-1-4-9-19)20-10-5-2-6-11-20)21-13-16-27(17-14-21)31(29,30)22-12-7-15-25-18-22/h1-12,15,18,21,23H,13-14,16-17H2,(H,26,28). The predicted molar refractivity (Wildman–Crippen MR) is 119 cm³/mol. The van der Waals surface area contributed by atoms with Crippen LogP contribution in [0.1, 0.15) is 30.0 Å². The average Bonchev–Trinajstić information content (AvgIpc) is 2.84. The van der Waals surface area contributed by atoms with Crippen molar-refractivity contribution < 1.29 is 13.2 Å². The van der Waals surface area contributed by atoms with Gasteiger partial charge in [0.1, 0.15) is 4.90 Å². The summed E-state index contributed by atoms with van der Waals surface area (Å²) in [7, 11) is -3.58. The van der Waals surface area contributed by atoms with Crippen molar-refractivity contribution in [1.29, 1.82) is 0 Å². The summed E-state index contributed by atoms with van der Waals surface area (Å²) >= 11 is 0. The van der Waals surface area contributed by atoms with Crippen LogP contribution in [0, 0.1) is 5.92 Å². The normalized spacial score (nSPS) is 15.6. The number of amides is 1. The van der Waals surface area contributed by atoms with Gasteiger partial charge in [-0.15, -0.1) is 0 Å².